The van der Waals surface area contributed by atoms with Gasteiger partial charge in [-0.25, -0.2) is 9.59 Å². The third-order valence-electron chi connectivity index (χ3n) is 6.86. The number of aromatic nitrogens is 1. The quantitative estimate of drug-likeness (QED) is 0.318. The predicted molar refractivity (Wildman–Crippen MR) is 141 cm³/mol. The van der Waals surface area contributed by atoms with Gasteiger partial charge in [0.15, 0.2) is 0 Å². The summed E-state index contributed by atoms with van der Waals surface area (Å²) in [7, 11) is 2.58. The molecule has 0 bridgehead atoms. The Morgan fingerprint density at radius 2 is 1.47 bits per heavy atom. The number of benzene rings is 2. The molecule has 10 nitrogen and oxygen atoms in total. The minimum atomic E-state index is -0.889. The van der Waals surface area contributed by atoms with Crippen LogP contribution in [0.4, 0.5) is 5.69 Å². The Morgan fingerprint density at radius 1 is 0.868 bits per heavy atom. The highest BCUT2D eigenvalue weighted by molar-refractivity contribution is 5.88. The van der Waals surface area contributed by atoms with Crippen LogP contribution in [0.1, 0.15) is 49.0 Å². The number of rotatable bonds is 9. The van der Waals surface area contributed by atoms with Crippen molar-refractivity contribution in [2.45, 2.75) is 50.7 Å². The van der Waals surface area contributed by atoms with E-state index >= 15 is 0 Å². The van der Waals surface area contributed by atoms with Gasteiger partial charge in [-0.15, -0.1) is 0 Å². The number of methoxy groups -OCH3 is 2. The fraction of sp³-hybridized carbons (Fsp3) is 0.357. The number of anilines is 1. The molecule has 1 aromatic heterocycles. The molecule has 200 valence electrons. The highest BCUT2D eigenvalue weighted by atomic mass is 16.5. The van der Waals surface area contributed by atoms with Gasteiger partial charge in [0.1, 0.15) is 12.1 Å². The first kappa shape index (κ1) is 26.7. The van der Waals surface area contributed by atoms with E-state index in [1.54, 1.807) is 0 Å². The second kappa shape index (κ2) is 11.4. The van der Waals surface area contributed by atoms with Crippen molar-refractivity contribution in [3.05, 3.63) is 65.4 Å². The van der Waals surface area contributed by atoms with Crippen LogP contribution in [0.2, 0.25) is 0 Å². The van der Waals surface area contributed by atoms with E-state index in [0.29, 0.717) is 0 Å². The molecule has 1 aliphatic heterocycles. The maximum absolute atomic E-state index is 12.6. The van der Waals surface area contributed by atoms with Crippen molar-refractivity contribution in [2.24, 2.45) is 0 Å². The lowest BCUT2D eigenvalue weighted by Gasteiger charge is -2.26. The van der Waals surface area contributed by atoms with Crippen molar-refractivity contribution in [1.29, 1.82) is 0 Å². The first-order valence-corrected chi connectivity index (χ1v) is 12.4. The van der Waals surface area contributed by atoms with Crippen molar-refractivity contribution in [3.8, 4) is 0 Å². The van der Waals surface area contributed by atoms with Gasteiger partial charge in [0.05, 0.1) is 20.3 Å². The van der Waals surface area contributed by atoms with Gasteiger partial charge in [-0.1, -0.05) is 36.4 Å². The molecule has 0 spiro atoms. The Kier molecular flexibility index (Phi) is 7.99. The average molecular weight is 521 g/mol. The number of amides is 2. The molecule has 0 saturated carbocycles. The lowest BCUT2D eigenvalue weighted by atomic mass is 9.85. The standard InChI is InChI=1S/C28H32N4O6/c1-15(33)29-23(27(35)37-3)13-19-17-9-5-7-11-21(17)31-25(19)26-20(18-10-6-8-12-22(18)32-26)14-24(28(36)38-4)30-16(2)34/h5-12,19,23-25,31-32H,13-14H2,1-4H3,(H,29,33)(H,30,34)/t19-,23+,24+,25+/m1/s1. The third kappa shape index (κ3) is 5.49. The Bertz CT molecular complexity index is 1370. The van der Waals surface area contributed by atoms with Crippen molar-refractivity contribution >= 4 is 40.3 Å². The number of hydrogen-bond donors (Lipinski definition) is 4. The molecule has 4 N–H and O–H groups in total. The molecule has 38 heavy (non-hydrogen) atoms. The van der Waals surface area contributed by atoms with Crippen molar-refractivity contribution < 1.29 is 28.7 Å². The fourth-order valence-electron chi connectivity index (χ4n) is 5.28. The summed E-state index contributed by atoms with van der Waals surface area (Å²) in [6.07, 6.45) is 0.473. The number of fused-ring (bicyclic) bond motifs is 2. The lowest BCUT2D eigenvalue weighted by molar-refractivity contribution is -0.145. The first-order valence-electron chi connectivity index (χ1n) is 12.4. The molecule has 2 aromatic carbocycles. The molecule has 2 amide bonds. The van der Waals surface area contributed by atoms with Crippen LogP contribution in [0.15, 0.2) is 48.5 Å². The van der Waals surface area contributed by atoms with Gasteiger partial charge in [0.25, 0.3) is 0 Å². The van der Waals surface area contributed by atoms with Crippen LogP contribution in [-0.4, -0.2) is 55.0 Å². The zero-order chi connectivity index (χ0) is 27.4. The topological polar surface area (TPSA) is 139 Å². The number of aromatic amines is 1. The fourth-order valence-corrected chi connectivity index (χ4v) is 5.28. The second-order valence-corrected chi connectivity index (χ2v) is 9.37. The molecule has 2 heterocycles. The molecule has 0 unspecified atom stereocenters. The number of hydrogen-bond acceptors (Lipinski definition) is 7. The van der Waals surface area contributed by atoms with Crippen molar-refractivity contribution in [2.75, 3.05) is 19.5 Å². The summed E-state index contributed by atoms with van der Waals surface area (Å²) in [6, 6.07) is 13.5. The number of nitrogens with one attached hydrogen (secondary N) is 4. The summed E-state index contributed by atoms with van der Waals surface area (Å²) in [4.78, 5) is 52.5. The smallest absolute Gasteiger partial charge is 0.328 e. The van der Waals surface area contributed by atoms with Crippen LogP contribution in [-0.2, 0) is 35.1 Å². The van der Waals surface area contributed by atoms with Gasteiger partial charge in [0.2, 0.25) is 11.8 Å². The van der Waals surface area contributed by atoms with Gasteiger partial charge >= 0.3 is 11.9 Å². The molecule has 4 atom stereocenters. The molecule has 10 heteroatoms. The third-order valence-corrected chi connectivity index (χ3v) is 6.86. The zero-order valence-electron chi connectivity index (χ0n) is 21.8. The Labute approximate surface area is 220 Å². The lowest BCUT2D eigenvalue weighted by Crippen LogP contribution is -2.42. The molecular formula is C28H32N4O6. The maximum atomic E-state index is 12.6. The van der Waals surface area contributed by atoms with Crippen LogP contribution in [0.25, 0.3) is 10.9 Å². The normalized spacial score (nSPS) is 17.6. The zero-order valence-corrected chi connectivity index (χ0v) is 21.8. The monoisotopic (exact) mass is 520 g/mol. The minimum Gasteiger partial charge on any atom is -0.467 e. The number of para-hydroxylation sites is 2. The molecular weight excluding hydrogens is 488 g/mol. The number of esters is 2. The highest BCUT2D eigenvalue weighted by Gasteiger charge is 2.39. The van der Waals surface area contributed by atoms with E-state index in [4.69, 9.17) is 9.47 Å². The molecule has 0 saturated heterocycles. The van der Waals surface area contributed by atoms with Crippen LogP contribution in [0.5, 0.6) is 0 Å². The first-order chi connectivity index (χ1) is 18.2. The number of carbonyl (C=O) groups excluding carboxylic acids is 4. The largest absolute Gasteiger partial charge is 0.467 e. The van der Waals surface area contributed by atoms with E-state index in [2.05, 4.69) is 20.9 Å². The summed E-state index contributed by atoms with van der Waals surface area (Å²) >= 11 is 0. The molecule has 0 fully saturated rings. The maximum Gasteiger partial charge on any atom is 0.328 e. The van der Waals surface area contributed by atoms with E-state index in [9.17, 15) is 19.2 Å². The SMILES string of the molecule is COC(=O)[C@H](Cc1c([C@H]2Nc3ccccc3[C@H]2C[C@H](NC(C)=O)C(=O)OC)[nH]c2ccccc12)NC(C)=O. The van der Waals surface area contributed by atoms with E-state index < -0.39 is 24.0 Å². The van der Waals surface area contributed by atoms with E-state index in [-0.39, 0.29) is 36.6 Å². The summed E-state index contributed by atoms with van der Waals surface area (Å²) in [6.45, 7) is 2.71. The van der Waals surface area contributed by atoms with Crippen molar-refractivity contribution in [3.63, 3.8) is 0 Å². The van der Waals surface area contributed by atoms with E-state index in [1.165, 1.54) is 28.1 Å². The van der Waals surface area contributed by atoms with Crippen LogP contribution < -0.4 is 16.0 Å². The Hall–Kier alpha value is -4.34. The number of H-pyrrole nitrogens is 1. The Balaban J connectivity index is 1.81. The molecule has 4 rings (SSSR count). The Morgan fingerprint density at radius 3 is 2.16 bits per heavy atom. The highest BCUT2D eigenvalue weighted by Crippen LogP contribution is 2.48. The van der Waals surface area contributed by atoms with Crippen LogP contribution in [0, 0.1) is 0 Å². The van der Waals surface area contributed by atoms with Gasteiger partial charge in [-0.3, -0.25) is 9.59 Å². The second-order valence-electron chi connectivity index (χ2n) is 9.37. The van der Waals surface area contributed by atoms with E-state index in [0.717, 1.165) is 33.4 Å². The number of carbonyl (C=O) groups is 4. The molecule has 0 radical (unpaired) electrons. The van der Waals surface area contributed by atoms with Gasteiger partial charge in [-0.2, -0.15) is 0 Å². The molecule has 1 aliphatic rings. The van der Waals surface area contributed by atoms with E-state index in [1.807, 2.05) is 48.5 Å². The van der Waals surface area contributed by atoms with Gasteiger partial charge < -0.3 is 30.4 Å². The summed E-state index contributed by atoms with van der Waals surface area (Å²) < 4.78 is 9.95. The van der Waals surface area contributed by atoms with Crippen molar-refractivity contribution in [1.82, 2.24) is 15.6 Å². The number of ether oxygens (including phenoxy) is 2. The molecule has 0 aliphatic carbocycles. The summed E-state index contributed by atoms with van der Waals surface area (Å²) in [5.74, 6) is -1.99. The predicted octanol–water partition coefficient (Wildman–Crippen LogP) is 2.71. The van der Waals surface area contributed by atoms with Crippen LogP contribution >= 0.6 is 0 Å². The van der Waals surface area contributed by atoms with Gasteiger partial charge in [-0.05, 0) is 29.7 Å². The van der Waals surface area contributed by atoms with Crippen LogP contribution in [0.3, 0.4) is 0 Å². The summed E-state index contributed by atoms with van der Waals surface area (Å²) in [5, 5.41) is 9.90. The van der Waals surface area contributed by atoms with Gasteiger partial charge in [0, 0.05) is 48.5 Å². The average Bonchev–Trinajstić information content (AvgIpc) is 3.44. The summed E-state index contributed by atoms with van der Waals surface area (Å²) in [5.41, 5.74) is 4.43. The minimum absolute atomic E-state index is 0.193. The molecule has 3 aromatic rings.